The van der Waals surface area contributed by atoms with Gasteiger partial charge in [-0.3, -0.25) is 0 Å². The zero-order chi connectivity index (χ0) is 12.8. The summed E-state index contributed by atoms with van der Waals surface area (Å²) in [6.07, 6.45) is 2.85. The molecule has 1 aliphatic rings. The van der Waals surface area contributed by atoms with E-state index in [9.17, 15) is 0 Å². The van der Waals surface area contributed by atoms with Gasteiger partial charge in [0, 0.05) is 37.0 Å². The Bertz CT molecular complexity index is 349. The fourth-order valence-electron chi connectivity index (χ4n) is 2.19. The summed E-state index contributed by atoms with van der Waals surface area (Å²) in [5.41, 5.74) is 1.12. The molecule has 1 unspecified atom stereocenters. The first-order chi connectivity index (χ1) is 8.74. The summed E-state index contributed by atoms with van der Waals surface area (Å²) in [6.45, 7) is 3.91. The second-order valence-electron chi connectivity index (χ2n) is 4.83. The zero-order valence-corrected chi connectivity index (χ0v) is 11.6. The van der Waals surface area contributed by atoms with Gasteiger partial charge < -0.3 is 15.0 Å². The van der Waals surface area contributed by atoms with Gasteiger partial charge in [0.05, 0.1) is 6.10 Å². The van der Waals surface area contributed by atoms with Crippen LogP contribution in [0.5, 0.6) is 0 Å². The second kappa shape index (κ2) is 6.98. The molecule has 1 saturated heterocycles. The Labute approximate surface area is 114 Å². The molecule has 0 amide bonds. The topological polar surface area (TPSA) is 24.5 Å². The molecule has 0 bridgehead atoms. The van der Waals surface area contributed by atoms with Gasteiger partial charge in [-0.1, -0.05) is 11.6 Å². The fourth-order valence-corrected chi connectivity index (χ4v) is 2.31. The molecular weight excluding hydrogens is 248 g/mol. The van der Waals surface area contributed by atoms with Crippen molar-refractivity contribution in [1.29, 1.82) is 0 Å². The number of nitrogens with zero attached hydrogens (tertiary/aromatic N) is 1. The number of rotatable bonds is 6. The molecule has 0 radical (unpaired) electrons. The van der Waals surface area contributed by atoms with Gasteiger partial charge in [0.25, 0.3) is 0 Å². The van der Waals surface area contributed by atoms with Gasteiger partial charge in [0.2, 0.25) is 0 Å². The molecule has 100 valence electrons. The minimum atomic E-state index is 0.436. The Morgan fingerprint density at radius 1 is 1.39 bits per heavy atom. The third-order valence-electron chi connectivity index (χ3n) is 3.21. The van der Waals surface area contributed by atoms with E-state index in [1.165, 1.54) is 12.8 Å². The van der Waals surface area contributed by atoms with Crippen molar-refractivity contribution in [3.63, 3.8) is 0 Å². The summed E-state index contributed by atoms with van der Waals surface area (Å²) in [7, 11) is 2.14. The van der Waals surface area contributed by atoms with E-state index in [-0.39, 0.29) is 0 Å². The summed E-state index contributed by atoms with van der Waals surface area (Å²) >= 11 is 5.84. The first-order valence-corrected chi connectivity index (χ1v) is 6.91. The Balaban J connectivity index is 1.63. The van der Waals surface area contributed by atoms with Crippen LogP contribution in [0.25, 0.3) is 0 Å². The van der Waals surface area contributed by atoms with Gasteiger partial charge in [0.1, 0.15) is 0 Å². The molecule has 0 aromatic heterocycles. The summed E-state index contributed by atoms with van der Waals surface area (Å²) < 4.78 is 5.62. The molecule has 0 spiro atoms. The Kier molecular flexibility index (Phi) is 5.29. The van der Waals surface area contributed by atoms with Crippen LogP contribution in [0.3, 0.4) is 0 Å². The second-order valence-corrected chi connectivity index (χ2v) is 5.27. The van der Waals surface area contributed by atoms with E-state index in [0.717, 1.165) is 37.0 Å². The van der Waals surface area contributed by atoms with Crippen molar-refractivity contribution in [2.75, 3.05) is 38.6 Å². The van der Waals surface area contributed by atoms with E-state index < -0.39 is 0 Å². The lowest BCUT2D eigenvalue weighted by Gasteiger charge is -2.20. The quantitative estimate of drug-likeness (QED) is 0.859. The minimum Gasteiger partial charge on any atom is -0.384 e. The summed E-state index contributed by atoms with van der Waals surface area (Å²) in [5, 5.41) is 4.16. The summed E-state index contributed by atoms with van der Waals surface area (Å²) in [5.74, 6) is 0. The molecular formula is C14H21ClN2O. The maximum Gasteiger partial charge on any atom is 0.0702 e. The highest BCUT2D eigenvalue weighted by atomic mass is 35.5. The smallest absolute Gasteiger partial charge is 0.0702 e. The van der Waals surface area contributed by atoms with Crippen molar-refractivity contribution in [2.24, 2.45) is 0 Å². The predicted octanol–water partition coefficient (Wildman–Crippen LogP) is 2.86. The van der Waals surface area contributed by atoms with Crippen LogP contribution in [0.4, 0.5) is 5.69 Å². The molecule has 2 rings (SSSR count). The number of benzene rings is 1. The van der Waals surface area contributed by atoms with Crippen LogP contribution in [-0.2, 0) is 4.74 Å². The van der Waals surface area contributed by atoms with E-state index in [0.29, 0.717) is 6.10 Å². The van der Waals surface area contributed by atoms with Crippen LogP contribution in [0.2, 0.25) is 5.02 Å². The molecule has 1 aromatic rings. The monoisotopic (exact) mass is 268 g/mol. The van der Waals surface area contributed by atoms with Gasteiger partial charge in [-0.25, -0.2) is 0 Å². The van der Waals surface area contributed by atoms with Crippen LogP contribution in [0.15, 0.2) is 24.3 Å². The van der Waals surface area contributed by atoms with Crippen molar-refractivity contribution >= 4 is 17.3 Å². The number of hydrogen-bond acceptors (Lipinski definition) is 3. The highest BCUT2D eigenvalue weighted by Crippen LogP contribution is 2.14. The molecule has 4 heteroatoms. The molecule has 1 fully saturated rings. The van der Waals surface area contributed by atoms with E-state index in [1.54, 1.807) is 0 Å². The first kappa shape index (κ1) is 13.7. The van der Waals surface area contributed by atoms with Crippen molar-refractivity contribution in [3.05, 3.63) is 29.3 Å². The Morgan fingerprint density at radius 3 is 2.83 bits per heavy atom. The Hall–Kier alpha value is -0.770. The van der Waals surface area contributed by atoms with Gasteiger partial charge in [-0.2, -0.15) is 0 Å². The number of hydrogen-bond donors (Lipinski definition) is 1. The van der Waals surface area contributed by atoms with Crippen molar-refractivity contribution in [2.45, 2.75) is 18.9 Å². The molecule has 1 atom stereocenters. The third-order valence-corrected chi connectivity index (χ3v) is 3.46. The molecule has 0 saturated carbocycles. The van der Waals surface area contributed by atoms with Crippen molar-refractivity contribution in [3.8, 4) is 0 Å². The summed E-state index contributed by atoms with van der Waals surface area (Å²) in [6, 6.07) is 7.81. The number of anilines is 1. The first-order valence-electron chi connectivity index (χ1n) is 6.53. The molecule has 1 heterocycles. The molecule has 1 aliphatic heterocycles. The van der Waals surface area contributed by atoms with Crippen LogP contribution >= 0.6 is 11.6 Å². The standard InChI is InChI=1S/C14H21ClN2O/c1-17(11-14-3-2-10-18-14)9-8-16-13-6-4-12(15)5-7-13/h4-7,14,16H,2-3,8-11H2,1H3. The maximum absolute atomic E-state index is 5.84. The number of halogens is 1. The van der Waals surface area contributed by atoms with Crippen LogP contribution < -0.4 is 5.32 Å². The number of likely N-dealkylation sites (N-methyl/N-ethyl adjacent to an activating group) is 1. The van der Waals surface area contributed by atoms with Crippen LogP contribution in [0.1, 0.15) is 12.8 Å². The zero-order valence-electron chi connectivity index (χ0n) is 10.9. The Morgan fingerprint density at radius 2 is 2.17 bits per heavy atom. The third kappa shape index (κ3) is 4.48. The van der Waals surface area contributed by atoms with E-state index in [2.05, 4.69) is 17.3 Å². The highest BCUT2D eigenvalue weighted by Gasteiger charge is 2.16. The lowest BCUT2D eigenvalue weighted by atomic mass is 10.2. The van der Waals surface area contributed by atoms with Crippen LogP contribution in [0, 0.1) is 0 Å². The average molecular weight is 269 g/mol. The average Bonchev–Trinajstić information content (AvgIpc) is 2.84. The minimum absolute atomic E-state index is 0.436. The van der Waals surface area contributed by atoms with E-state index >= 15 is 0 Å². The molecule has 1 N–H and O–H groups in total. The van der Waals surface area contributed by atoms with Crippen molar-refractivity contribution in [1.82, 2.24) is 4.90 Å². The molecule has 1 aromatic carbocycles. The van der Waals surface area contributed by atoms with Crippen molar-refractivity contribution < 1.29 is 4.74 Å². The largest absolute Gasteiger partial charge is 0.384 e. The van der Waals surface area contributed by atoms with Gasteiger partial charge in [0.15, 0.2) is 0 Å². The highest BCUT2D eigenvalue weighted by molar-refractivity contribution is 6.30. The lowest BCUT2D eigenvalue weighted by Crippen LogP contribution is -2.32. The predicted molar refractivity (Wildman–Crippen MR) is 76.4 cm³/mol. The summed E-state index contributed by atoms with van der Waals surface area (Å²) in [4.78, 5) is 2.32. The lowest BCUT2D eigenvalue weighted by molar-refractivity contribution is 0.0823. The van der Waals surface area contributed by atoms with E-state index in [4.69, 9.17) is 16.3 Å². The van der Waals surface area contributed by atoms with Gasteiger partial charge >= 0.3 is 0 Å². The fraction of sp³-hybridized carbons (Fsp3) is 0.571. The number of nitrogens with one attached hydrogen (secondary N) is 1. The SMILES string of the molecule is CN(CCNc1ccc(Cl)cc1)CC1CCCO1. The van der Waals surface area contributed by atoms with Gasteiger partial charge in [-0.15, -0.1) is 0 Å². The van der Waals surface area contributed by atoms with Crippen LogP contribution in [-0.4, -0.2) is 44.3 Å². The van der Waals surface area contributed by atoms with E-state index in [1.807, 2.05) is 24.3 Å². The maximum atomic E-state index is 5.84. The molecule has 3 nitrogen and oxygen atoms in total. The molecule has 18 heavy (non-hydrogen) atoms. The number of ether oxygens (including phenoxy) is 1. The normalized spacial score (nSPS) is 19.4. The molecule has 0 aliphatic carbocycles. The van der Waals surface area contributed by atoms with Gasteiger partial charge in [-0.05, 0) is 44.2 Å².